The van der Waals surface area contributed by atoms with Crippen LogP contribution in [0.25, 0.3) is 0 Å². The average molecular weight is 837 g/mol. The molecule has 0 heterocycles. The molecule has 0 radical (unpaired) electrons. The molecule has 0 fully saturated rings. The first-order chi connectivity index (χ1) is 29.7. The third kappa shape index (κ3) is 18.0. The Morgan fingerprint density at radius 1 is 0.452 bits per heavy atom. The second kappa shape index (κ2) is 25.1. The summed E-state index contributed by atoms with van der Waals surface area (Å²) in [4.78, 5) is 18.2. The zero-order valence-corrected chi connectivity index (χ0v) is 37.1. The van der Waals surface area contributed by atoms with E-state index in [9.17, 15) is 0 Å². The Morgan fingerprint density at radius 3 is 1.02 bits per heavy atom. The Bertz CT molecular complexity index is 2000. The number of carboxylic acid groups (broad SMARTS) is 2. The fraction of sp³-hybridized carbons (Fsp3) is 0.296. The van der Waals surface area contributed by atoms with Gasteiger partial charge in [0.15, 0.2) is 0 Å². The van der Waals surface area contributed by atoms with Crippen molar-refractivity contribution in [3.05, 3.63) is 214 Å². The number of benzene rings is 6. The quantitative estimate of drug-likeness (QED) is 0.0500. The molecule has 2 unspecified atom stereocenters. The molecule has 0 aliphatic rings. The monoisotopic (exact) mass is 836 g/mol. The summed E-state index contributed by atoms with van der Waals surface area (Å²) in [6.07, 6.45) is 1.91. The summed E-state index contributed by atoms with van der Waals surface area (Å²) >= 11 is 0. The van der Waals surface area contributed by atoms with Crippen molar-refractivity contribution in [2.45, 2.75) is 77.7 Å². The Morgan fingerprint density at radius 2 is 0.726 bits per heavy atom. The molecule has 0 aliphatic heterocycles. The third-order valence-corrected chi connectivity index (χ3v) is 10.1. The number of nitrogens with one attached hydrogen (secondary N) is 2. The van der Waals surface area contributed by atoms with Gasteiger partial charge < -0.3 is 30.3 Å². The predicted octanol–water partition coefficient (Wildman–Crippen LogP) is 10.6. The van der Waals surface area contributed by atoms with Crippen molar-refractivity contribution in [2.24, 2.45) is 0 Å². The normalized spacial score (nSPS) is 12.2. The van der Waals surface area contributed by atoms with Crippen LogP contribution in [0, 0.1) is 13.8 Å². The molecule has 0 bridgehead atoms. The van der Waals surface area contributed by atoms with Crippen LogP contribution in [0.4, 0.5) is 0 Å². The van der Waals surface area contributed by atoms with Gasteiger partial charge in [-0.25, -0.2) is 9.59 Å². The molecule has 0 saturated heterocycles. The van der Waals surface area contributed by atoms with Gasteiger partial charge in [-0.2, -0.15) is 0 Å². The lowest BCUT2D eigenvalue weighted by Gasteiger charge is -2.27. The number of rotatable bonds is 18. The first kappa shape index (κ1) is 48.8. The van der Waals surface area contributed by atoms with Crippen molar-refractivity contribution in [2.75, 3.05) is 26.3 Å². The Labute approximate surface area is 369 Å². The highest BCUT2D eigenvalue weighted by atomic mass is 16.5. The van der Waals surface area contributed by atoms with Gasteiger partial charge in [0.1, 0.15) is 12.2 Å². The van der Waals surface area contributed by atoms with Crippen molar-refractivity contribution in [1.29, 1.82) is 0 Å². The minimum Gasteiger partial charge on any atom is -0.473 e. The molecule has 0 spiro atoms. The van der Waals surface area contributed by atoms with Crippen LogP contribution >= 0.6 is 0 Å². The van der Waals surface area contributed by atoms with Crippen LogP contribution in [-0.2, 0) is 31.9 Å². The number of aryl methyl sites for hydroxylation is 2. The topological polar surface area (TPSA) is 117 Å². The summed E-state index contributed by atoms with van der Waals surface area (Å²) in [5.74, 6) is -3.65. The van der Waals surface area contributed by atoms with Gasteiger partial charge in [-0.3, -0.25) is 0 Å². The van der Waals surface area contributed by atoms with Crippen molar-refractivity contribution >= 4 is 11.9 Å². The van der Waals surface area contributed by atoms with Crippen LogP contribution in [0.1, 0.15) is 84.4 Å². The van der Waals surface area contributed by atoms with Crippen molar-refractivity contribution in [1.82, 2.24) is 10.6 Å². The molecule has 6 aromatic rings. The highest BCUT2D eigenvalue weighted by Gasteiger charge is 2.20. The van der Waals surface area contributed by atoms with Crippen LogP contribution in [0.15, 0.2) is 170 Å². The molecule has 0 aliphatic carbocycles. The van der Waals surface area contributed by atoms with Gasteiger partial charge in [-0.15, -0.1) is 0 Å². The predicted molar refractivity (Wildman–Crippen MR) is 251 cm³/mol. The molecule has 0 amide bonds. The molecule has 6 aromatic carbocycles. The molecular weight excluding hydrogens is 773 g/mol. The van der Waals surface area contributed by atoms with Gasteiger partial charge in [0, 0.05) is 24.2 Å². The number of aliphatic carboxylic acids is 2. The molecule has 4 N–H and O–H groups in total. The molecular formula is C54H64N2O6. The maximum Gasteiger partial charge on any atom is 0.414 e. The van der Waals surface area contributed by atoms with E-state index in [1.54, 1.807) is 0 Å². The fourth-order valence-corrected chi connectivity index (χ4v) is 6.98. The molecule has 8 nitrogen and oxygen atoms in total. The SMILES string of the molecule is Cc1ccc(C(OCCNC(C)(C)Cc2ccccc2)c2ccccc2)cc1.Cc1ccc(C(OCCNC(C)(C)Cc2ccccc2)c2ccccc2)cc1.O=C(O)C(=O)O. The van der Waals surface area contributed by atoms with E-state index in [1.807, 2.05) is 12.1 Å². The van der Waals surface area contributed by atoms with Gasteiger partial charge in [-0.05, 0) is 87.8 Å². The molecule has 2 atom stereocenters. The fourth-order valence-electron chi connectivity index (χ4n) is 6.98. The van der Waals surface area contributed by atoms with Crippen LogP contribution < -0.4 is 10.6 Å². The summed E-state index contributed by atoms with van der Waals surface area (Å²) in [5.41, 5.74) is 10.0. The summed E-state index contributed by atoms with van der Waals surface area (Å²) in [6.45, 7) is 16.1. The maximum absolute atomic E-state index is 9.10. The van der Waals surface area contributed by atoms with E-state index in [2.05, 4.69) is 210 Å². The van der Waals surface area contributed by atoms with E-state index in [4.69, 9.17) is 29.3 Å². The van der Waals surface area contributed by atoms with E-state index < -0.39 is 11.9 Å². The first-order valence-corrected chi connectivity index (χ1v) is 21.2. The summed E-state index contributed by atoms with van der Waals surface area (Å²) in [6, 6.07) is 59.4. The minimum atomic E-state index is -1.82. The van der Waals surface area contributed by atoms with Crippen LogP contribution in [0.3, 0.4) is 0 Å². The lowest BCUT2D eigenvalue weighted by Crippen LogP contribution is -2.43. The summed E-state index contributed by atoms with van der Waals surface area (Å²) < 4.78 is 12.7. The van der Waals surface area contributed by atoms with Crippen molar-refractivity contribution in [3.63, 3.8) is 0 Å². The maximum atomic E-state index is 9.10. The second-order valence-electron chi connectivity index (χ2n) is 16.7. The van der Waals surface area contributed by atoms with Crippen molar-refractivity contribution < 1.29 is 29.3 Å². The van der Waals surface area contributed by atoms with Gasteiger partial charge >= 0.3 is 11.9 Å². The highest BCUT2D eigenvalue weighted by molar-refractivity contribution is 6.27. The summed E-state index contributed by atoms with van der Waals surface area (Å²) in [5, 5.41) is 22.1. The largest absolute Gasteiger partial charge is 0.473 e. The van der Waals surface area contributed by atoms with Crippen molar-refractivity contribution in [3.8, 4) is 0 Å². The van der Waals surface area contributed by atoms with E-state index in [0.717, 1.165) is 25.9 Å². The van der Waals surface area contributed by atoms with E-state index >= 15 is 0 Å². The number of carbonyl (C=O) groups is 2. The van der Waals surface area contributed by atoms with Gasteiger partial charge in [0.05, 0.1) is 13.2 Å². The number of carboxylic acids is 2. The number of ether oxygens (including phenoxy) is 2. The molecule has 326 valence electrons. The minimum absolute atomic E-state index is 0.0246. The van der Waals surface area contributed by atoms with E-state index in [-0.39, 0.29) is 23.3 Å². The average Bonchev–Trinajstić information content (AvgIpc) is 3.26. The second-order valence-corrected chi connectivity index (χ2v) is 16.7. The molecule has 6 rings (SSSR count). The highest BCUT2D eigenvalue weighted by Crippen LogP contribution is 2.27. The standard InChI is InChI=1S/2C26H31NO.C2H2O4/c2*1-21-14-16-24(17-15-21)25(23-12-8-5-9-13-23)28-19-18-27-26(2,3)20-22-10-6-4-7-11-22;3-1(4)2(5)6/h2*4-17,25,27H,18-20H2,1-3H3;(H,3,4)(H,5,6). The number of hydrogen-bond donors (Lipinski definition) is 4. The van der Waals surface area contributed by atoms with E-state index in [0.29, 0.717) is 13.2 Å². The van der Waals surface area contributed by atoms with Gasteiger partial charge in [0.25, 0.3) is 0 Å². The Kier molecular flexibility index (Phi) is 19.8. The Balaban J connectivity index is 0.000000241. The number of hydrogen-bond acceptors (Lipinski definition) is 6. The van der Waals surface area contributed by atoms with Gasteiger partial charge in [0.2, 0.25) is 0 Å². The lowest BCUT2D eigenvalue weighted by atomic mass is 9.95. The van der Waals surface area contributed by atoms with Crippen LogP contribution in [-0.4, -0.2) is 59.5 Å². The smallest absolute Gasteiger partial charge is 0.414 e. The first-order valence-electron chi connectivity index (χ1n) is 21.2. The van der Waals surface area contributed by atoms with Gasteiger partial charge in [-0.1, -0.05) is 181 Å². The molecule has 0 aromatic heterocycles. The van der Waals surface area contributed by atoms with E-state index in [1.165, 1.54) is 44.5 Å². The molecule has 62 heavy (non-hydrogen) atoms. The van der Waals surface area contributed by atoms with Crippen LogP contribution in [0.2, 0.25) is 0 Å². The summed E-state index contributed by atoms with van der Waals surface area (Å²) in [7, 11) is 0. The van der Waals surface area contributed by atoms with Crippen LogP contribution in [0.5, 0.6) is 0 Å². The lowest BCUT2D eigenvalue weighted by molar-refractivity contribution is -0.159. The third-order valence-electron chi connectivity index (χ3n) is 10.1. The molecule has 8 heteroatoms. The zero-order chi connectivity index (χ0) is 44.8. The Hall–Kier alpha value is -5.90. The molecule has 0 saturated carbocycles. The zero-order valence-electron chi connectivity index (χ0n) is 37.1.